The van der Waals surface area contributed by atoms with E-state index in [0.717, 1.165) is 18.1 Å². The van der Waals surface area contributed by atoms with Crippen LogP contribution in [0.25, 0.3) is 11.3 Å². The molecule has 3 heteroatoms. The first-order valence-electron chi connectivity index (χ1n) is 7.49. The Kier molecular flexibility index (Phi) is 3.62. The molecule has 0 saturated heterocycles. The molecule has 1 heterocycles. The van der Waals surface area contributed by atoms with E-state index in [1.165, 1.54) is 48.1 Å². The number of rotatable bonds is 3. The van der Waals surface area contributed by atoms with Crippen LogP contribution >= 0.6 is 0 Å². The second-order valence-electron chi connectivity index (χ2n) is 5.74. The van der Waals surface area contributed by atoms with E-state index in [4.69, 9.17) is 4.98 Å². The molecule has 0 atom stereocenters. The number of hydrogen-bond donors (Lipinski definition) is 1. The van der Waals surface area contributed by atoms with Crippen LogP contribution in [0.4, 0.5) is 0 Å². The molecule has 20 heavy (non-hydrogen) atoms. The number of aromatic nitrogens is 2. The second kappa shape index (κ2) is 5.41. The molecular formula is C17H23N3. The van der Waals surface area contributed by atoms with E-state index in [2.05, 4.69) is 42.1 Å². The van der Waals surface area contributed by atoms with Crippen molar-refractivity contribution in [3.8, 4) is 11.3 Å². The molecule has 0 saturated carbocycles. The van der Waals surface area contributed by atoms with Gasteiger partial charge in [0.15, 0.2) is 0 Å². The van der Waals surface area contributed by atoms with E-state index in [0.29, 0.717) is 0 Å². The lowest BCUT2D eigenvalue weighted by Gasteiger charge is -2.16. The summed E-state index contributed by atoms with van der Waals surface area (Å²) in [6.07, 6.45) is 5.12. The third kappa shape index (κ3) is 2.27. The molecule has 3 nitrogen and oxygen atoms in total. The maximum absolute atomic E-state index is 4.82. The molecule has 1 aliphatic rings. The SMILES string of the molecule is CNCc1nc(-c2ccc3c(c2)CCCC3)c(C)n1C. The highest BCUT2D eigenvalue weighted by atomic mass is 15.1. The van der Waals surface area contributed by atoms with Crippen molar-refractivity contribution < 1.29 is 0 Å². The van der Waals surface area contributed by atoms with Crippen LogP contribution in [0, 0.1) is 6.92 Å². The number of nitrogens with zero attached hydrogens (tertiary/aromatic N) is 2. The standard InChI is InChI=1S/C17H23N3/c1-12-17(19-16(11-18-2)20(12)3)15-9-8-13-6-4-5-7-14(13)10-15/h8-10,18H,4-7,11H2,1-3H3. The Morgan fingerprint density at radius 2 is 1.95 bits per heavy atom. The fourth-order valence-corrected chi connectivity index (χ4v) is 3.11. The maximum Gasteiger partial charge on any atom is 0.123 e. The van der Waals surface area contributed by atoms with Crippen molar-refractivity contribution in [2.24, 2.45) is 7.05 Å². The number of imidazole rings is 1. The summed E-state index contributed by atoms with van der Waals surface area (Å²) in [5.74, 6) is 1.10. The fourth-order valence-electron chi connectivity index (χ4n) is 3.11. The van der Waals surface area contributed by atoms with E-state index in [-0.39, 0.29) is 0 Å². The van der Waals surface area contributed by atoms with Gasteiger partial charge in [-0.1, -0.05) is 12.1 Å². The largest absolute Gasteiger partial charge is 0.334 e. The van der Waals surface area contributed by atoms with E-state index < -0.39 is 0 Å². The van der Waals surface area contributed by atoms with Crippen LogP contribution in [0.15, 0.2) is 18.2 Å². The lowest BCUT2D eigenvalue weighted by Crippen LogP contribution is -2.10. The van der Waals surface area contributed by atoms with Gasteiger partial charge in [0.1, 0.15) is 5.82 Å². The lowest BCUT2D eigenvalue weighted by atomic mass is 9.90. The zero-order valence-electron chi connectivity index (χ0n) is 12.7. The summed E-state index contributed by atoms with van der Waals surface area (Å²) in [5.41, 5.74) is 6.69. The number of benzene rings is 1. The molecule has 0 unspecified atom stereocenters. The van der Waals surface area contributed by atoms with Gasteiger partial charge >= 0.3 is 0 Å². The predicted molar refractivity (Wildman–Crippen MR) is 82.8 cm³/mol. The van der Waals surface area contributed by atoms with Crippen molar-refractivity contribution in [3.05, 3.63) is 40.8 Å². The van der Waals surface area contributed by atoms with Gasteiger partial charge < -0.3 is 9.88 Å². The molecule has 0 fully saturated rings. The number of hydrogen-bond acceptors (Lipinski definition) is 2. The van der Waals surface area contributed by atoms with E-state index in [9.17, 15) is 0 Å². The Morgan fingerprint density at radius 3 is 2.70 bits per heavy atom. The van der Waals surface area contributed by atoms with Gasteiger partial charge in [-0.05, 0) is 56.8 Å². The number of aryl methyl sites for hydroxylation is 2. The maximum atomic E-state index is 4.82. The highest BCUT2D eigenvalue weighted by molar-refractivity contribution is 5.64. The van der Waals surface area contributed by atoms with Gasteiger partial charge in [-0.2, -0.15) is 0 Å². The van der Waals surface area contributed by atoms with Gasteiger partial charge in [-0.25, -0.2) is 4.98 Å². The fraction of sp³-hybridized carbons (Fsp3) is 0.471. The lowest BCUT2D eigenvalue weighted by molar-refractivity contribution is 0.686. The van der Waals surface area contributed by atoms with Crippen LogP contribution in [0.2, 0.25) is 0 Å². The molecule has 106 valence electrons. The first kappa shape index (κ1) is 13.4. The average molecular weight is 269 g/mol. The van der Waals surface area contributed by atoms with Crippen molar-refractivity contribution in [1.82, 2.24) is 14.9 Å². The van der Waals surface area contributed by atoms with Gasteiger partial charge in [-0.3, -0.25) is 0 Å². The number of nitrogens with one attached hydrogen (secondary N) is 1. The average Bonchev–Trinajstić information content (AvgIpc) is 2.76. The minimum absolute atomic E-state index is 0.808. The molecule has 0 bridgehead atoms. The van der Waals surface area contributed by atoms with Crippen LogP contribution in [-0.4, -0.2) is 16.6 Å². The van der Waals surface area contributed by atoms with E-state index in [1.54, 1.807) is 0 Å². The molecule has 2 aromatic rings. The Hall–Kier alpha value is -1.61. The topological polar surface area (TPSA) is 29.9 Å². The Morgan fingerprint density at radius 1 is 1.20 bits per heavy atom. The first-order chi connectivity index (χ1) is 9.70. The summed E-state index contributed by atoms with van der Waals surface area (Å²) >= 11 is 0. The minimum Gasteiger partial charge on any atom is -0.334 e. The quantitative estimate of drug-likeness (QED) is 0.928. The molecule has 0 aliphatic heterocycles. The van der Waals surface area contributed by atoms with Gasteiger partial charge in [0, 0.05) is 18.3 Å². The van der Waals surface area contributed by atoms with Crippen LogP contribution in [0.3, 0.4) is 0 Å². The van der Waals surface area contributed by atoms with Gasteiger partial charge in [0.2, 0.25) is 0 Å². The molecule has 0 spiro atoms. The molecular weight excluding hydrogens is 246 g/mol. The Balaban J connectivity index is 2.02. The third-order valence-corrected chi connectivity index (χ3v) is 4.43. The highest BCUT2D eigenvalue weighted by Crippen LogP contribution is 2.29. The molecule has 0 amide bonds. The van der Waals surface area contributed by atoms with Gasteiger partial charge in [0.05, 0.1) is 12.2 Å². The van der Waals surface area contributed by atoms with Crippen molar-refractivity contribution in [2.75, 3.05) is 7.05 Å². The summed E-state index contributed by atoms with van der Waals surface area (Å²) < 4.78 is 2.19. The summed E-state index contributed by atoms with van der Waals surface area (Å²) in [5, 5.41) is 3.18. The summed E-state index contributed by atoms with van der Waals surface area (Å²) in [6, 6.07) is 6.89. The molecule has 1 aliphatic carbocycles. The van der Waals surface area contributed by atoms with Crippen molar-refractivity contribution >= 4 is 0 Å². The first-order valence-corrected chi connectivity index (χ1v) is 7.49. The molecule has 3 rings (SSSR count). The second-order valence-corrected chi connectivity index (χ2v) is 5.74. The van der Waals surface area contributed by atoms with E-state index in [1.807, 2.05) is 7.05 Å². The highest BCUT2D eigenvalue weighted by Gasteiger charge is 2.15. The zero-order chi connectivity index (χ0) is 14.1. The summed E-state index contributed by atoms with van der Waals surface area (Å²) in [6.45, 7) is 2.96. The smallest absolute Gasteiger partial charge is 0.123 e. The van der Waals surface area contributed by atoms with Crippen LogP contribution in [0.5, 0.6) is 0 Å². The van der Waals surface area contributed by atoms with Gasteiger partial charge in [0.25, 0.3) is 0 Å². The van der Waals surface area contributed by atoms with Gasteiger partial charge in [-0.15, -0.1) is 0 Å². The summed E-state index contributed by atoms with van der Waals surface area (Å²) in [4.78, 5) is 4.82. The van der Waals surface area contributed by atoms with Crippen molar-refractivity contribution in [3.63, 3.8) is 0 Å². The molecule has 1 aromatic heterocycles. The van der Waals surface area contributed by atoms with Crippen molar-refractivity contribution in [2.45, 2.75) is 39.2 Å². The summed E-state index contributed by atoms with van der Waals surface area (Å²) in [7, 11) is 4.06. The van der Waals surface area contributed by atoms with Crippen LogP contribution in [-0.2, 0) is 26.4 Å². The Bertz CT molecular complexity index is 625. The Labute approximate surface area is 121 Å². The molecule has 1 N–H and O–H groups in total. The predicted octanol–water partition coefficient (Wildman–Crippen LogP) is 2.99. The van der Waals surface area contributed by atoms with Crippen molar-refractivity contribution in [1.29, 1.82) is 0 Å². The van der Waals surface area contributed by atoms with Crippen LogP contribution < -0.4 is 5.32 Å². The normalized spacial score (nSPS) is 14.3. The zero-order valence-corrected chi connectivity index (χ0v) is 12.7. The molecule has 1 aromatic carbocycles. The minimum atomic E-state index is 0.808. The van der Waals surface area contributed by atoms with E-state index >= 15 is 0 Å². The number of fused-ring (bicyclic) bond motifs is 1. The van der Waals surface area contributed by atoms with Crippen LogP contribution in [0.1, 0.15) is 35.5 Å². The molecule has 0 radical (unpaired) electrons. The third-order valence-electron chi connectivity index (χ3n) is 4.43. The monoisotopic (exact) mass is 269 g/mol.